The molecular weight excluding hydrogens is 713 g/mol. The first-order valence-electron chi connectivity index (χ1n) is 22.3. The molecule has 304 valence electrons. The fourth-order valence-electron chi connectivity index (χ4n) is 8.66. The highest BCUT2D eigenvalue weighted by Gasteiger charge is 2.13. The summed E-state index contributed by atoms with van der Waals surface area (Å²) in [6.45, 7) is 4.42. The van der Waals surface area contributed by atoms with E-state index in [1.807, 2.05) is 12.7 Å². The van der Waals surface area contributed by atoms with E-state index in [4.69, 9.17) is 0 Å². The number of nitrogens with zero attached hydrogens (tertiary/aromatic N) is 8. The number of benzene rings is 4. The molecule has 0 N–H and O–H groups in total. The SMILES string of the molecule is C[n+]1cn(CCCCCCCCCCn2c[n+](C)c3ccccc32)c2ccccc21.c1ccc2c(c1)ncn2CCCCCCCCCCn1cnc2ccccc21. The van der Waals surface area contributed by atoms with Crippen LogP contribution in [0.1, 0.15) is 103 Å². The molecule has 8 nitrogen and oxygen atoms in total. The van der Waals surface area contributed by atoms with Crippen molar-refractivity contribution in [3.63, 3.8) is 0 Å². The van der Waals surface area contributed by atoms with E-state index in [1.165, 1.54) is 136 Å². The van der Waals surface area contributed by atoms with Crippen molar-refractivity contribution in [2.45, 2.75) is 129 Å². The summed E-state index contributed by atoms with van der Waals surface area (Å²) in [5, 5.41) is 0. The van der Waals surface area contributed by atoms with Gasteiger partial charge in [-0.3, -0.25) is 0 Å². The smallest absolute Gasteiger partial charge is 0.244 e. The monoisotopic (exact) mass is 779 g/mol. The quantitative estimate of drug-likeness (QED) is 0.0508. The number of aryl methyl sites for hydroxylation is 6. The van der Waals surface area contributed by atoms with E-state index < -0.39 is 0 Å². The van der Waals surface area contributed by atoms with Gasteiger partial charge in [0.2, 0.25) is 12.7 Å². The number of fused-ring (bicyclic) bond motifs is 4. The first-order valence-corrected chi connectivity index (χ1v) is 22.3. The van der Waals surface area contributed by atoms with Crippen molar-refractivity contribution < 1.29 is 9.13 Å². The molecule has 0 fully saturated rings. The van der Waals surface area contributed by atoms with Crippen molar-refractivity contribution in [1.29, 1.82) is 0 Å². The minimum atomic E-state index is 1.08. The molecule has 4 aromatic heterocycles. The Morgan fingerprint density at radius 3 is 1.02 bits per heavy atom. The lowest BCUT2D eigenvalue weighted by atomic mass is 10.1. The van der Waals surface area contributed by atoms with Crippen LogP contribution in [-0.4, -0.2) is 28.2 Å². The molecule has 4 aromatic carbocycles. The maximum Gasteiger partial charge on any atom is 0.244 e. The predicted molar refractivity (Wildman–Crippen MR) is 240 cm³/mol. The van der Waals surface area contributed by atoms with Gasteiger partial charge in [-0.05, 0) is 87.1 Å². The lowest BCUT2D eigenvalue weighted by molar-refractivity contribution is -0.645. The molecule has 0 atom stereocenters. The molecule has 58 heavy (non-hydrogen) atoms. The second kappa shape index (κ2) is 21.5. The summed E-state index contributed by atoms with van der Waals surface area (Å²) in [4.78, 5) is 8.94. The van der Waals surface area contributed by atoms with Crippen molar-refractivity contribution in [3.05, 3.63) is 122 Å². The first kappa shape index (κ1) is 40.9. The Bertz CT molecular complexity index is 2260. The van der Waals surface area contributed by atoms with Crippen LogP contribution >= 0.6 is 0 Å². The zero-order chi connectivity index (χ0) is 39.8. The van der Waals surface area contributed by atoms with E-state index in [2.05, 4.69) is 161 Å². The minimum Gasteiger partial charge on any atom is -0.331 e. The summed E-state index contributed by atoms with van der Waals surface area (Å²) >= 11 is 0. The van der Waals surface area contributed by atoms with Crippen LogP contribution in [0.4, 0.5) is 0 Å². The highest BCUT2D eigenvalue weighted by atomic mass is 15.1. The van der Waals surface area contributed by atoms with E-state index in [0.29, 0.717) is 0 Å². The lowest BCUT2D eigenvalue weighted by Gasteiger charge is -2.06. The summed E-state index contributed by atoms with van der Waals surface area (Å²) in [5.41, 5.74) is 10.1. The normalized spacial score (nSPS) is 11.6. The van der Waals surface area contributed by atoms with Crippen LogP contribution in [0.5, 0.6) is 0 Å². The molecule has 0 aliphatic rings. The Balaban J connectivity index is 0.000000177. The fourth-order valence-corrected chi connectivity index (χ4v) is 8.66. The molecule has 8 heteroatoms. The summed E-state index contributed by atoms with van der Waals surface area (Å²) in [6, 6.07) is 34.1. The average Bonchev–Trinajstić information content (AvgIpc) is 4.03. The van der Waals surface area contributed by atoms with E-state index in [9.17, 15) is 0 Å². The molecule has 0 saturated heterocycles. The Morgan fingerprint density at radius 2 is 0.638 bits per heavy atom. The molecular formula is C50H66N8+2. The predicted octanol–water partition coefficient (Wildman–Crippen LogP) is 11.3. The van der Waals surface area contributed by atoms with E-state index in [-0.39, 0.29) is 0 Å². The Hall–Kier alpha value is -5.24. The third-order valence-electron chi connectivity index (χ3n) is 11.9. The molecule has 8 aromatic rings. The number of hydrogen-bond donors (Lipinski definition) is 0. The zero-order valence-corrected chi connectivity index (χ0v) is 35.3. The third-order valence-corrected chi connectivity index (χ3v) is 11.9. The van der Waals surface area contributed by atoms with Crippen LogP contribution in [0.2, 0.25) is 0 Å². The summed E-state index contributed by atoms with van der Waals surface area (Å²) < 4.78 is 13.8. The summed E-state index contributed by atoms with van der Waals surface area (Å²) in [6.07, 6.45) is 29.7. The molecule has 0 unspecified atom stereocenters. The van der Waals surface area contributed by atoms with Crippen molar-refractivity contribution in [2.75, 3.05) is 0 Å². The van der Waals surface area contributed by atoms with Gasteiger partial charge < -0.3 is 9.13 Å². The van der Waals surface area contributed by atoms with Crippen LogP contribution in [-0.2, 0) is 40.3 Å². The van der Waals surface area contributed by atoms with Gasteiger partial charge in [-0.2, -0.15) is 0 Å². The standard InChI is InChI=1S/C26H36N4.C24H30N4/c1-27-21-29(25-17-11-9-15-23(25)27)19-13-7-5-3-4-6-8-14-20-30-22-28(2)24-16-10-12-18-26(24)30;1(3-5-11-17-27-19-25-21-13-7-9-15-23(21)27)2-4-6-12-18-28-20-26-22-14-8-10-16-24(22)28/h9-12,15-18,21-22H,3-8,13-14,19-20H2,1-2H3;7-10,13-16,19-20H,1-6,11-12,17-18H2/q+2;. The number of rotatable bonds is 22. The van der Waals surface area contributed by atoms with Gasteiger partial charge in [0.15, 0.2) is 22.1 Å². The van der Waals surface area contributed by atoms with Gasteiger partial charge >= 0.3 is 0 Å². The number of unbranched alkanes of at least 4 members (excludes halogenated alkanes) is 14. The summed E-state index contributed by atoms with van der Waals surface area (Å²) in [7, 11) is 4.27. The van der Waals surface area contributed by atoms with Gasteiger partial charge in [0, 0.05) is 13.1 Å². The Kier molecular flexibility index (Phi) is 15.2. The largest absolute Gasteiger partial charge is 0.331 e. The highest BCUT2D eigenvalue weighted by molar-refractivity contribution is 5.76. The molecule has 4 heterocycles. The molecule has 0 spiro atoms. The van der Waals surface area contributed by atoms with Crippen LogP contribution in [0.15, 0.2) is 122 Å². The van der Waals surface area contributed by atoms with Gasteiger partial charge in [0.05, 0.1) is 61.9 Å². The third kappa shape index (κ3) is 11.0. The van der Waals surface area contributed by atoms with E-state index in [1.54, 1.807) is 0 Å². The molecule has 0 bridgehead atoms. The van der Waals surface area contributed by atoms with Crippen molar-refractivity contribution in [3.8, 4) is 0 Å². The van der Waals surface area contributed by atoms with Crippen molar-refractivity contribution >= 4 is 44.1 Å². The van der Waals surface area contributed by atoms with Crippen LogP contribution in [0.25, 0.3) is 44.1 Å². The molecule has 0 aliphatic carbocycles. The topological polar surface area (TPSA) is 53.3 Å². The maximum atomic E-state index is 4.47. The Labute approximate surface area is 345 Å². The maximum absolute atomic E-state index is 4.47. The lowest BCUT2D eigenvalue weighted by Crippen LogP contribution is -2.25. The second-order valence-corrected chi connectivity index (χ2v) is 16.3. The molecule has 0 saturated carbocycles. The molecule has 0 radical (unpaired) electrons. The number of hydrogen-bond acceptors (Lipinski definition) is 2. The summed E-state index contributed by atoms with van der Waals surface area (Å²) in [5.74, 6) is 0. The van der Waals surface area contributed by atoms with Crippen molar-refractivity contribution in [1.82, 2.24) is 28.2 Å². The van der Waals surface area contributed by atoms with Crippen LogP contribution < -0.4 is 9.13 Å². The molecule has 0 aliphatic heterocycles. The van der Waals surface area contributed by atoms with E-state index >= 15 is 0 Å². The van der Waals surface area contributed by atoms with Gasteiger partial charge in [-0.1, -0.05) is 113 Å². The van der Waals surface area contributed by atoms with Gasteiger partial charge in [-0.15, -0.1) is 0 Å². The van der Waals surface area contributed by atoms with Gasteiger partial charge in [0.25, 0.3) is 0 Å². The van der Waals surface area contributed by atoms with E-state index in [0.717, 1.165) is 37.2 Å². The molecule has 8 rings (SSSR count). The van der Waals surface area contributed by atoms with Gasteiger partial charge in [0.1, 0.15) is 0 Å². The number of para-hydroxylation sites is 8. The average molecular weight is 779 g/mol. The van der Waals surface area contributed by atoms with Gasteiger partial charge in [-0.25, -0.2) is 28.2 Å². The van der Waals surface area contributed by atoms with Crippen LogP contribution in [0.3, 0.4) is 0 Å². The number of aromatic nitrogens is 8. The highest BCUT2D eigenvalue weighted by Crippen LogP contribution is 2.18. The number of imidazole rings is 4. The van der Waals surface area contributed by atoms with Crippen LogP contribution in [0, 0.1) is 0 Å². The minimum absolute atomic E-state index is 1.08. The first-order chi connectivity index (χ1) is 28.7. The fraction of sp³-hybridized carbons (Fsp3) is 0.440. The molecule has 0 amide bonds. The Morgan fingerprint density at radius 1 is 0.345 bits per heavy atom. The van der Waals surface area contributed by atoms with Crippen molar-refractivity contribution in [2.24, 2.45) is 14.1 Å². The zero-order valence-electron chi connectivity index (χ0n) is 35.3. The second-order valence-electron chi connectivity index (χ2n) is 16.3.